The van der Waals surface area contributed by atoms with Crippen LogP contribution >= 0.6 is 0 Å². The Hall–Kier alpha value is -3.02. The van der Waals surface area contributed by atoms with Crippen molar-refractivity contribution in [2.45, 2.75) is 6.42 Å². The lowest BCUT2D eigenvalue weighted by molar-refractivity contribution is 0.1000. The quantitative estimate of drug-likeness (QED) is 0.759. The maximum Gasteiger partial charge on any atom is 0.248 e. The predicted octanol–water partition coefficient (Wildman–Crippen LogP) is 2.52. The molecule has 2 aromatic carbocycles. The van der Waals surface area contributed by atoms with Gasteiger partial charge in [0.1, 0.15) is 23.5 Å². The average Bonchev–Trinajstić information content (AvgIpc) is 2.56. The van der Waals surface area contributed by atoms with E-state index in [0.29, 0.717) is 35.2 Å². The van der Waals surface area contributed by atoms with E-state index in [4.69, 9.17) is 5.73 Å². The highest BCUT2D eigenvalue weighted by atomic mass is 19.1. The maximum absolute atomic E-state index is 13.7. The van der Waals surface area contributed by atoms with E-state index >= 15 is 0 Å². The molecule has 0 radical (unpaired) electrons. The number of benzene rings is 2. The Morgan fingerprint density at radius 1 is 1.17 bits per heavy atom. The van der Waals surface area contributed by atoms with Crippen LogP contribution in [0.3, 0.4) is 0 Å². The van der Waals surface area contributed by atoms with Crippen LogP contribution < -0.4 is 11.1 Å². The van der Waals surface area contributed by atoms with E-state index in [0.717, 1.165) is 5.56 Å². The molecule has 3 rings (SSSR count). The number of aromatic nitrogens is 2. The molecule has 1 aromatic heterocycles. The van der Waals surface area contributed by atoms with Gasteiger partial charge in [0, 0.05) is 17.5 Å². The number of hydrogen-bond donors (Lipinski definition) is 2. The Morgan fingerprint density at radius 2 is 2.00 bits per heavy atom. The van der Waals surface area contributed by atoms with Crippen LogP contribution in [0.4, 0.5) is 10.2 Å². The van der Waals surface area contributed by atoms with E-state index in [2.05, 4.69) is 15.3 Å². The van der Waals surface area contributed by atoms with Gasteiger partial charge in [0.2, 0.25) is 5.91 Å². The number of primary amides is 1. The van der Waals surface area contributed by atoms with Crippen LogP contribution in [-0.4, -0.2) is 22.4 Å². The molecule has 3 N–H and O–H groups in total. The highest BCUT2D eigenvalue weighted by molar-refractivity contribution is 5.93. The largest absolute Gasteiger partial charge is 0.369 e. The molecular weight excluding hydrogens is 295 g/mol. The number of fused-ring (bicyclic) bond motifs is 1. The Morgan fingerprint density at radius 3 is 2.83 bits per heavy atom. The van der Waals surface area contributed by atoms with Gasteiger partial charge in [-0.15, -0.1) is 0 Å². The summed E-state index contributed by atoms with van der Waals surface area (Å²) >= 11 is 0. The highest BCUT2D eigenvalue weighted by Gasteiger charge is 2.07. The number of carbonyl (C=O) groups excluding carboxylic acids is 1. The first-order valence-electron chi connectivity index (χ1n) is 7.17. The first-order chi connectivity index (χ1) is 11.1. The molecule has 0 spiro atoms. The summed E-state index contributed by atoms with van der Waals surface area (Å²) in [6, 6.07) is 11.9. The summed E-state index contributed by atoms with van der Waals surface area (Å²) in [4.78, 5) is 19.3. The zero-order valence-corrected chi connectivity index (χ0v) is 12.3. The number of amides is 1. The molecule has 0 aliphatic heterocycles. The van der Waals surface area contributed by atoms with Gasteiger partial charge in [-0.2, -0.15) is 0 Å². The minimum absolute atomic E-state index is 0.292. The highest BCUT2D eigenvalue weighted by Crippen LogP contribution is 2.21. The summed E-state index contributed by atoms with van der Waals surface area (Å²) in [7, 11) is 0. The van der Waals surface area contributed by atoms with Gasteiger partial charge < -0.3 is 11.1 Å². The average molecular weight is 310 g/mol. The third-order valence-electron chi connectivity index (χ3n) is 3.53. The second-order valence-electron chi connectivity index (χ2n) is 5.10. The Bertz CT molecular complexity index is 866. The normalized spacial score (nSPS) is 10.7. The third-order valence-corrected chi connectivity index (χ3v) is 3.53. The van der Waals surface area contributed by atoms with Gasteiger partial charge in [0.05, 0.1) is 0 Å². The summed E-state index contributed by atoms with van der Waals surface area (Å²) in [6.45, 7) is 0.588. The number of nitrogens with two attached hydrogens (primary N) is 1. The number of para-hydroxylation sites is 1. The van der Waals surface area contributed by atoms with Gasteiger partial charge in [0.15, 0.2) is 0 Å². The second-order valence-corrected chi connectivity index (χ2v) is 5.10. The second kappa shape index (κ2) is 6.39. The molecule has 0 aliphatic rings. The Balaban J connectivity index is 1.73. The van der Waals surface area contributed by atoms with Crippen LogP contribution in [0.5, 0.6) is 0 Å². The summed E-state index contributed by atoms with van der Waals surface area (Å²) in [5.74, 6) is -0.236. The molecule has 1 heterocycles. The van der Waals surface area contributed by atoms with Gasteiger partial charge >= 0.3 is 0 Å². The van der Waals surface area contributed by atoms with Crippen molar-refractivity contribution in [3.63, 3.8) is 0 Å². The SMILES string of the molecule is NC(=O)c1cccc(CCNc2ncnc3c(F)cccc23)c1. The molecule has 5 nitrogen and oxygen atoms in total. The summed E-state index contributed by atoms with van der Waals surface area (Å²) in [5, 5.41) is 3.82. The fourth-order valence-corrected chi connectivity index (χ4v) is 2.40. The molecule has 3 aromatic rings. The number of nitrogens with zero attached hydrogens (tertiary/aromatic N) is 2. The van der Waals surface area contributed by atoms with E-state index in [1.165, 1.54) is 12.4 Å². The lowest BCUT2D eigenvalue weighted by Crippen LogP contribution is -2.12. The van der Waals surface area contributed by atoms with E-state index in [-0.39, 0.29) is 5.82 Å². The van der Waals surface area contributed by atoms with Crippen molar-refractivity contribution in [3.05, 3.63) is 65.7 Å². The lowest BCUT2D eigenvalue weighted by atomic mass is 10.1. The summed E-state index contributed by atoms with van der Waals surface area (Å²) in [5.41, 5.74) is 7.03. The maximum atomic E-state index is 13.7. The molecule has 0 saturated carbocycles. The molecule has 1 amide bonds. The zero-order chi connectivity index (χ0) is 16.2. The number of halogens is 1. The smallest absolute Gasteiger partial charge is 0.248 e. The number of carbonyl (C=O) groups is 1. The number of hydrogen-bond acceptors (Lipinski definition) is 4. The standard InChI is InChI=1S/C17H15FN4O/c18-14-6-2-5-13-15(14)21-10-22-17(13)20-8-7-11-3-1-4-12(9-11)16(19)23/h1-6,9-10H,7-8H2,(H2,19,23)(H,20,21,22). The Kier molecular flexibility index (Phi) is 4.14. The minimum atomic E-state index is -0.447. The van der Waals surface area contributed by atoms with Gasteiger partial charge in [-0.05, 0) is 36.2 Å². The van der Waals surface area contributed by atoms with Crippen LogP contribution in [0.15, 0.2) is 48.8 Å². The molecule has 23 heavy (non-hydrogen) atoms. The van der Waals surface area contributed by atoms with Crippen LogP contribution in [0.1, 0.15) is 15.9 Å². The number of nitrogens with one attached hydrogen (secondary N) is 1. The van der Waals surface area contributed by atoms with Crippen LogP contribution in [0.2, 0.25) is 0 Å². The van der Waals surface area contributed by atoms with Gasteiger partial charge in [0.25, 0.3) is 0 Å². The van der Waals surface area contributed by atoms with E-state index in [1.807, 2.05) is 6.07 Å². The van der Waals surface area contributed by atoms with Crippen molar-refractivity contribution in [2.75, 3.05) is 11.9 Å². The number of anilines is 1. The topological polar surface area (TPSA) is 80.9 Å². The molecule has 0 aliphatic carbocycles. The van der Waals surface area contributed by atoms with Gasteiger partial charge in [-0.1, -0.05) is 18.2 Å². The molecule has 0 atom stereocenters. The van der Waals surface area contributed by atoms with Crippen molar-refractivity contribution in [1.82, 2.24) is 9.97 Å². The lowest BCUT2D eigenvalue weighted by Gasteiger charge is -2.09. The van der Waals surface area contributed by atoms with Crippen molar-refractivity contribution < 1.29 is 9.18 Å². The van der Waals surface area contributed by atoms with E-state index in [9.17, 15) is 9.18 Å². The van der Waals surface area contributed by atoms with E-state index in [1.54, 1.807) is 30.3 Å². The van der Waals surface area contributed by atoms with Crippen LogP contribution in [0, 0.1) is 5.82 Å². The predicted molar refractivity (Wildman–Crippen MR) is 86.6 cm³/mol. The molecule has 116 valence electrons. The Labute approximate surface area is 132 Å². The van der Waals surface area contributed by atoms with E-state index < -0.39 is 5.91 Å². The summed E-state index contributed by atoms with van der Waals surface area (Å²) in [6.07, 6.45) is 2.02. The molecule has 6 heteroatoms. The monoisotopic (exact) mass is 310 g/mol. The van der Waals surface area contributed by atoms with Gasteiger partial charge in [-0.25, -0.2) is 14.4 Å². The third kappa shape index (κ3) is 3.26. The molecule has 0 unspecified atom stereocenters. The van der Waals surface area contributed by atoms with Crippen molar-refractivity contribution in [1.29, 1.82) is 0 Å². The first-order valence-corrected chi connectivity index (χ1v) is 7.17. The minimum Gasteiger partial charge on any atom is -0.369 e. The van der Waals surface area contributed by atoms with Crippen molar-refractivity contribution >= 4 is 22.6 Å². The van der Waals surface area contributed by atoms with Crippen LogP contribution in [0.25, 0.3) is 10.9 Å². The van der Waals surface area contributed by atoms with Gasteiger partial charge in [-0.3, -0.25) is 4.79 Å². The molecule has 0 fully saturated rings. The zero-order valence-electron chi connectivity index (χ0n) is 12.3. The fraction of sp³-hybridized carbons (Fsp3) is 0.118. The van der Waals surface area contributed by atoms with Crippen molar-refractivity contribution in [2.24, 2.45) is 5.73 Å². The molecule has 0 saturated heterocycles. The fourth-order valence-electron chi connectivity index (χ4n) is 2.40. The number of rotatable bonds is 5. The first kappa shape index (κ1) is 14.9. The van der Waals surface area contributed by atoms with Crippen LogP contribution in [-0.2, 0) is 6.42 Å². The van der Waals surface area contributed by atoms with Crippen molar-refractivity contribution in [3.8, 4) is 0 Å². The molecular formula is C17H15FN4O. The summed E-state index contributed by atoms with van der Waals surface area (Å²) < 4.78 is 13.7. The molecule has 0 bridgehead atoms.